The van der Waals surface area contributed by atoms with Crippen molar-refractivity contribution in [3.05, 3.63) is 11.3 Å². The first-order valence-corrected chi connectivity index (χ1v) is 22.0. The van der Waals surface area contributed by atoms with Gasteiger partial charge < -0.3 is 69.1 Å². The summed E-state index contributed by atoms with van der Waals surface area (Å²) in [4.78, 5) is 91.7. The maximum Gasteiger partial charge on any atom is 0.341 e. The molecule has 1 aliphatic carbocycles. The van der Waals surface area contributed by atoms with Crippen molar-refractivity contribution >= 4 is 75.1 Å². The van der Waals surface area contributed by atoms with Crippen LogP contribution in [0.1, 0.15) is 67.7 Å². The van der Waals surface area contributed by atoms with Crippen LogP contribution in [0.4, 0.5) is 0 Å². The monoisotopic (exact) mass is 949 g/mol. The summed E-state index contributed by atoms with van der Waals surface area (Å²) in [5.41, 5.74) is -7.53. The molecular weight excluding hydrogens is 895 g/mol. The fourth-order valence-electron chi connectivity index (χ4n) is 7.56. The lowest BCUT2D eigenvalue weighted by Crippen LogP contribution is -2.70. The largest absolute Gasteiger partial charge is 0.508 e. The third-order valence-corrected chi connectivity index (χ3v) is 13.8. The van der Waals surface area contributed by atoms with Gasteiger partial charge in [0.1, 0.15) is 64.6 Å². The molecule has 1 amide bonds. The van der Waals surface area contributed by atoms with E-state index in [-0.39, 0.29) is 16.5 Å². The molecule has 3 heterocycles. The molecule has 3 aliphatic heterocycles. The molecule has 2 saturated heterocycles. The van der Waals surface area contributed by atoms with E-state index in [1.165, 1.54) is 21.0 Å². The Morgan fingerprint density at radius 1 is 1.08 bits per heavy atom. The predicted octanol–water partition coefficient (Wildman–Crippen LogP) is -0.364. The number of carbonyl (C=O) groups is 7. The lowest BCUT2D eigenvalue weighted by atomic mass is 9.74. The van der Waals surface area contributed by atoms with Crippen molar-refractivity contribution < 1.29 is 97.4 Å². The smallest absolute Gasteiger partial charge is 0.341 e. The van der Waals surface area contributed by atoms with Crippen LogP contribution in [0.2, 0.25) is 0 Å². The normalized spacial score (nSPS) is 34.5. The van der Waals surface area contributed by atoms with E-state index in [1.807, 2.05) is 0 Å². The van der Waals surface area contributed by atoms with Crippen molar-refractivity contribution in [2.24, 2.45) is 10.9 Å². The molecule has 0 aromatic rings. The molecule has 15 atom stereocenters. The number of rotatable bonds is 17. The topological polar surface area (TPSA) is 354 Å². The second-order valence-electron chi connectivity index (χ2n) is 15.8. The molecule has 358 valence electrons. The van der Waals surface area contributed by atoms with Crippen LogP contribution >= 0.6 is 23.5 Å². The van der Waals surface area contributed by atoms with E-state index >= 15 is 0 Å². The Hall–Kier alpha value is -4.21. The molecule has 0 bridgehead atoms. The van der Waals surface area contributed by atoms with Crippen LogP contribution in [0.3, 0.4) is 0 Å². The number of hydrogen-bond acceptors (Lipinski definition) is 22. The molecule has 64 heavy (non-hydrogen) atoms. The number of thioether (sulfide) groups is 2. The van der Waals surface area contributed by atoms with Gasteiger partial charge in [0.2, 0.25) is 5.91 Å². The summed E-state index contributed by atoms with van der Waals surface area (Å²) in [5.74, 6) is -9.78. The highest BCUT2D eigenvalue weighted by molar-refractivity contribution is 8.39. The lowest BCUT2D eigenvalue weighted by molar-refractivity contribution is -0.345. The van der Waals surface area contributed by atoms with E-state index in [1.54, 1.807) is 20.8 Å². The number of Topliss-reactive ketones (excluding diaryl/α,β-unsaturated/α-hetero) is 1. The van der Waals surface area contributed by atoms with Crippen LogP contribution in [0.25, 0.3) is 0 Å². The van der Waals surface area contributed by atoms with Crippen molar-refractivity contribution in [3.63, 3.8) is 0 Å². The maximum absolute atomic E-state index is 14.1. The van der Waals surface area contributed by atoms with Crippen LogP contribution in [-0.4, -0.2) is 185 Å². The van der Waals surface area contributed by atoms with E-state index in [4.69, 9.17) is 38.6 Å². The molecule has 4 rings (SSSR count). The van der Waals surface area contributed by atoms with E-state index in [0.717, 1.165) is 37.4 Å². The number of aliphatic hydroxyl groups is 4. The Morgan fingerprint density at radius 2 is 1.73 bits per heavy atom. The first kappa shape index (κ1) is 52.4. The standard InChI is InChI=1S/C39H55N3O20S2/c1-9-14(2)35(52)59-17(5)39(55)16(4)58-24(10-23(39)56-8)61-30-28(46)32(38(54)11-21(45)26(40)25(31(38)47)34(50)51)60-22(12-57-19(7)44)29(30)62-36(53)27-15(3)64-37(42-27)63-13-20(33(48)49)41-18(6)43/h14-17,20,22-24,27-30,32,40,46-47,54-55H,9-13H2,1-8H3,(H,41,43)(H,48,49)(H,50,51)/t14-,15-,16+,17+,20+,22+,23+,24+,27+,28+,29+,30-,32+,38-,39+/m0/s1. The second kappa shape index (κ2) is 21.4. The number of carboxylic acids is 2. The minimum Gasteiger partial charge on any atom is -0.508 e. The molecule has 0 spiro atoms. The summed E-state index contributed by atoms with van der Waals surface area (Å²) in [6.07, 6.45) is -16.3. The predicted molar refractivity (Wildman–Crippen MR) is 221 cm³/mol. The number of carboxylic acid groups (broad SMARTS) is 2. The first-order chi connectivity index (χ1) is 29.8. The van der Waals surface area contributed by atoms with Gasteiger partial charge in [0.05, 0.1) is 24.5 Å². The van der Waals surface area contributed by atoms with Gasteiger partial charge in [-0.3, -0.25) is 29.6 Å². The molecule has 0 radical (unpaired) electrons. The van der Waals surface area contributed by atoms with Gasteiger partial charge in [-0.15, -0.1) is 0 Å². The van der Waals surface area contributed by atoms with Crippen LogP contribution in [-0.2, 0) is 66.7 Å². The minimum atomic E-state index is -3.08. The van der Waals surface area contributed by atoms with Crippen molar-refractivity contribution in [2.75, 3.05) is 19.5 Å². The second-order valence-corrected chi connectivity index (χ2v) is 18.5. The van der Waals surface area contributed by atoms with E-state index in [9.17, 15) is 64.2 Å². The summed E-state index contributed by atoms with van der Waals surface area (Å²) in [5, 5.41) is 76.2. The number of nitrogens with one attached hydrogen (secondary N) is 2. The quantitative estimate of drug-likeness (QED) is 0.0681. The summed E-state index contributed by atoms with van der Waals surface area (Å²) in [6.45, 7) is 9.26. The third-order valence-electron chi connectivity index (χ3n) is 11.4. The number of aliphatic imine (C=N–C) groups is 1. The molecule has 23 nitrogen and oxygen atoms in total. The number of hydrogen-bond donors (Lipinski definition) is 8. The molecule has 0 aromatic heterocycles. The SMILES string of the molecule is CC[C@H](C)C(=O)O[C@H](C)[C@]1(O)[C@@H](C)O[C@H](O[C@H]2[C@@H](O)[C@H]([C@]3(O)CC(=O)C(=N)C(C(=O)O)=C3O)O[C@H](COC(C)=O)[C@H]2OC(=O)[C@@H]2N=C(SC[C@@H](NC(C)=O)C(=O)O)S[C@H]2C)C[C@H]1OC. The zero-order valence-corrected chi connectivity index (χ0v) is 37.8. The molecular formula is C39H55N3O20S2. The number of amides is 1. The Morgan fingerprint density at radius 3 is 2.30 bits per heavy atom. The minimum absolute atomic E-state index is 0.161. The van der Waals surface area contributed by atoms with Gasteiger partial charge in [-0.25, -0.2) is 14.4 Å². The molecule has 0 unspecified atom stereocenters. The van der Waals surface area contributed by atoms with Gasteiger partial charge >= 0.3 is 29.8 Å². The number of aliphatic carboxylic acids is 2. The third kappa shape index (κ3) is 11.2. The summed E-state index contributed by atoms with van der Waals surface area (Å²) in [7, 11) is 1.25. The highest BCUT2D eigenvalue weighted by Gasteiger charge is 2.62. The average molecular weight is 950 g/mol. The number of methoxy groups -OCH3 is 1. The number of ketones is 1. The van der Waals surface area contributed by atoms with Crippen molar-refractivity contribution in [3.8, 4) is 0 Å². The van der Waals surface area contributed by atoms with Gasteiger partial charge in [0.25, 0.3) is 0 Å². The van der Waals surface area contributed by atoms with E-state index < -0.39 is 161 Å². The Labute approximate surface area is 375 Å². The van der Waals surface area contributed by atoms with E-state index in [2.05, 4.69) is 10.3 Å². The molecule has 4 aliphatic rings. The van der Waals surface area contributed by atoms with Crippen molar-refractivity contribution in [1.82, 2.24) is 5.32 Å². The zero-order valence-electron chi connectivity index (χ0n) is 36.2. The molecule has 25 heteroatoms. The van der Waals surface area contributed by atoms with Crippen molar-refractivity contribution in [1.29, 1.82) is 5.41 Å². The molecule has 0 aromatic carbocycles. The fraction of sp³-hybridized carbons (Fsp3) is 0.718. The van der Waals surface area contributed by atoms with Crippen LogP contribution in [0.15, 0.2) is 16.3 Å². The summed E-state index contributed by atoms with van der Waals surface area (Å²) < 4.78 is 41.0. The highest BCUT2D eigenvalue weighted by atomic mass is 32.2. The summed E-state index contributed by atoms with van der Waals surface area (Å²) >= 11 is 2.03. The maximum atomic E-state index is 14.1. The van der Waals surface area contributed by atoms with Crippen LogP contribution < -0.4 is 5.32 Å². The Bertz CT molecular complexity index is 1920. The summed E-state index contributed by atoms with van der Waals surface area (Å²) in [6, 6.07) is -2.58. The Balaban J connectivity index is 1.76. The Kier molecular flexibility index (Phi) is 17.5. The number of nitrogens with zero attached hydrogens (tertiary/aromatic N) is 1. The van der Waals surface area contributed by atoms with E-state index in [0.29, 0.717) is 6.42 Å². The number of carbonyl (C=O) groups excluding carboxylic acids is 5. The fourth-order valence-corrected chi connectivity index (χ4v) is 10.0. The zero-order chi connectivity index (χ0) is 48.2. The number of ether oxygens (including phenoxy) is 7. The molecule has 8 N–H and O–H groups in total. The van der Waals surface area contributed by atoms with Crippen LogP contribution in [0, 0.1) is 11.3 Å². The van der Waals surface area contributed by atoms with Gasteiger partial charge in [-0.05, 0) is 20.3 Å². The van der Waals surface area contributed by atoms with Crippen LogP contribution in [0.5, 0.6) is 0 Å². The van der Waals surface area contributed by atoms with Gasteiger partial charge in [-0.2, -0.15) is 0 Å². The number of esters is 3. The van der Waals surface area contributed by atoms with Gasteiger partial charge in [0, 0.05) is 38.4 Å². The lowest BCUT2D eigenvalue weighted by Gasteiger charge is -2.52. The molecule has 2 fully saturated rings. The average Bonchev–Trinajstić information content (AvgIpc) is 3.59. The van der Waals surface area contributed by atoms with Gasteiger partial charge in [0.15, 0.2) is 35.4 Å². The van der Waals surface area contributed by atoms with Crippen molar-refractivity contribution in [2.45, 2.75) is 151 Å². The highest BCUT2D eigenvalue weighted by Crippen LogP contribution is 2.43. The first-order valence-electron chi connectivity index (χ1n) is 20.1. The van der Waals surface area contributed by atoms with Gasteiger partial charge in [-0.1, -0.05) is 44.3 Å². The molecule has 0 saturated carbocycles. The number of aliphatic hydroxyl groups excluding tert-OH is 2.